The molecule has 24 heavy (non-hydrogen) atoms. The van der Waals surface area contributed by atoms with Crippen molar-refractivity contribution in [2.24, 2.45) is 0 Å². The highest BCUT2D eigenvalue weighted by atomic mass is 16.5. The van der Waals surface area contributed by atoms with Gasteiger partial charge in [0.2, 0.25) is 5.82 Å². The summed E-state index contributed by atoms with van der Waals surface area (Å²) in [6.45, 7) is 2.14. The summed E-state index contributed by atoms with van der Waals surface area (Å²) in [6, 6.07) is 15.0. The molecule has 0 fully saturated rings. The van der Waals surface area contributed by atoms with Gasteiger partial charge in [-0.15, -0.1) is 10.2 Å². The van der Waals surface area contributed by atoms with Crippen molar-refractivity contribution >= 4 is 5.78 Å². The summed E-state index contributed by atoms with van der Waals surface area (Å²) in [5.41, 5.74) is 2.64. The molecule has 6 heteroatoms. The zero-order valence-electron chi connectivity index (χ0n) is 13.6. The van der Waals surface area contributed by atoms with E-state index in [2.05, 4.69) is 22.3 Å². The number of methoxy groups -OCH3 is 1. The second-order valence-corrected chi connectivity index (χ2v) is 5.35. The quantitative estimate of drug-likeness (QED) is 0.653. The van der Waals surface area contributed by atoms with Crippen molar-refractivity contribution < 1.29 is 9.53 Å². The highest BCUT2D eigenvalue weighted by molar-refractivity contribution is 5.95. The van der Waals surface area contributed by atoms with Crippen LogP contribution in [0.15, 0.2) is 48.5 Å². The molecule has 1 heterocycles. The molecular formula is C18H18N4O2. The zero-order chi connectivity index (χ0) is 16.9. The molecule has 0 aliphatic heterocycles. The maximum atomic E-state index is 12.3. The number of aryl methyl sites for hydroxylation is 1. The molecule has 0 amide bonds. The number of aromatic nitrogens is 4. The maximum Gasteiger partial charge on any atom is 0.205 e. The Balaban J connectivity index is 1.74. The molecule has 0 aliphatic carbocycles. The third-order valence-electron chi connectivity index (χ3n) is 3.75. The largest absolute Gasteiger partial charge is 0.497 e. The Kier molecular flexibility index (Phi) is 4.65. The van der Waals surface area contributed by atoms with E-state index in [1.165, 1.54) is 10.4 Å². The van der Waals surface area contributed by atoms with Crippen LogP contribution in [-0.4, -0.2) is 33.1 Å². The Hall–Kier alpha value is -3.02. The molecule has 0 N–H and O–H groups in total. The molecule has 0 bridgehead atoms. The molecule has 2 aromatic carbocycles. The number of hydrogen-bond donors (Lipinski definition) is 0. The molecule has 0 aliphatic rings. The van der Waals surface area contributed by atoms with Gasteiger partial charge in [0.25, 0.3) is 0 Å². The minimum atomic E-state index is -0.0488. The van der Waals surface area contributed by atoms with Gasteiger partial charge in [-0.2, -0.15) is 4.80 Å². The molecule has 122 valence electrons. The molecule has 0 saturated carbocycles. The van der Waals surface area contributed by atoms with Crippen molar-refractivity contribution in [1.29, 1.82) is 0 Å². The molecule has 1 aromatic heterocycles. The molecular weight excluding hydrogens is 304 g/mol. The Morgan fingerprint density at radius 1 is 1.17 bits per heavy atom. The summed E-state index contributed by atoms with van der Waals surface area (Å²) >= 11 is 0. The van der Waals surface area contributed by atoms with Gasteiger partial charge < -0.3 is 4.74 Å². The Bertz CT molecular complexity index is 840. The summed E-state index contributed by atoms with van der Waals surface area (Å²) in [7, 11) is 1.60. The smallest absolute Gasteiger partial charge is 0.205 e. The van der Waals surface area contributed by atoms with E-state index in [1.807, 2.05) is 48.5 Å². The van der Waals surface area contributed by atoms with E-state index in [1.54, 1.807) is 7.11 Å². The fourth-order valence-electron chi connectivity index (χ4n) is 2.33. The van der Waals surface area contributed by atoms with Gasteiger partial charge in [0.05, 0.1) is 7.11 Å². The van der Waals surface area contributed by atoms with Crippen LogP contribution in [0.25, 0.3) is 11.4 Å². The first-order valence-electron chi connectivity index (χ1n) is 7.74. The third kappa shape index (κ3) is 3.48. The number of tetrazole rings is 1. The van der Waals surface area contributed by atoms with Crippen molar-refractivity contribution in [3.8, 4) is 17.1 Å². The number of hydrogen-bond acceptors (Lipinski definition) is 5. The number of ether oxygens (including phenoxy) is 1. The maximum absolute atomic E-state index is 12.3. The van der Waals surface area contributed by atoms with E-state index in [4.69, 9.17) is 4.74 Å². The Morgan fingerprint density at radius 2 is 1.96 bits per heavy atom. The minimum absolute atomic E-state index is 0.0488. The van der Waals surface area contributed by atoms with Crippen molar-refractivity contribution in [2.75, 3.05) is 7.11 Å². The van der Waals surface area contributed by atoms with Gasteiger partial charge in [-0.25, -0.2) is 0 Å². The summed E-state index contributed by atoms with van der Waals surface area (Å²) in [5.74, 6) is 1.13. The zero-order valence-corrected chi connectivity index (χ0v) is 13.6. The van der Waals surface area contributed by atoms with Crippen LogP contribution in [-0.2, 0) is 13.0 Å². The van der Waals surface area contributed by atoms with Crippen LogP contribution in [0.3, 0.4) is 0 Å². The molecule has 0 unspecified atom stereocenters. The molecule has 3 aromatic rings. The van der Waals surface area contributed by atoms with Gasteiger partial charge in [0.1, 0.15) is 12.3 Å². The Labute approximate surface area is 140 Å². The predicted octanol–water partition coefficient (Wildman–Crippen LogP) is 2.79. The van der Waals surface area contributed by atoms with Crippen LogP contribution >= 0.6 is 0 Å². The van der Waals surface area contributed by atoms with E-state index in [0.29, 0.717) is 11.4 Å². The summed E-state index contributed by atoms with van der Waals surface area (Å²) < 4.78 is 5.19. The minimum Gasteiger partial charge on any atom is -0.497 e. The van der Waals surface area contributed by atoms with Crippen LogP contribution in [0.4, 0.5) is 0 Å². The standard InChI is InChI=1S/C18H18N4O2/c1-3-13-7-9-14(10-8-13)17(23)12-22-20-18(19-21-22)15-5-4-6-16(11-15)24-2/h4-11H,3,12H2,1-2H3. The first kappa shape index (κ1) is 15.9. The fraction of sp³-hybridized carbons (Fsp3) is 0.222. The number of benzene rings is 2. The van der Waals surface area contributed by atoms with Gasteiger partial charge in [0.15, 0.2) is 5.78 Å². The van der Waals surface area contributed by atoms with Crippen LogP contribution in [0.1, 0.15) is 22.8 Å². The second kappa shape index (κ2) is 7.04. The van der Waals surface area contributed by atoms with Crippen LogP contribution < -0.4 is 4.74 Å². The van der Waals surface area contributed by atoms with E-state index < -0.39 is 0 Å². The lowest BCUT2D eigenvalue weighted by Crippen LogP contribution is -2.13. The van der Waals surface area contributed by atoms with E-state index >= 15 is 0 Å². The lowest BCUT2D eigenvalue weighted by atomic mass is 10.1. The topological polar surface area (TPSA) is 69.9 Å². The fourth-order valence-corrected chi connectivity index (χ4v) is 2.33. The highest BCUT2D eigenvalue weighted by Crippen LogP contribution is 2.19. The Morgan fingerprint density at radius 3 is 2.67 bits per heavy atom. The predicted molar refractivity (Wildman–Crippen MR) is 90.0 cm³/mol. The summed E-state index contributed by atoms with van der Waals surface area (Å²) in [6.07, 6.45) is 0.947. The lowest BCUT2D eigenvalue weighted by Gasteiger charge is -2.02. The highest BCUT2D eigenvalue weighted by Gasteiger charge is 2.11. The van der Waals surface area contributed by atoms with Gasteiger partial charge >= 0.3 is 0 Å². The van der Waals surface area contributed by atoms with Crippen molar-refractivity contribution in [3.63, 3.8) is 0 Å². The molecule has 0 saturated heterocycles. The second-order valence-electron chi connectivity index (χ2n) is 5.35. The van der Waals surface area contributed by atoms with Gasteiger partial charge in [-0.3, -0.25) is 4.79 Å². The number of ketones is 1. The van der Waals surface area contributed by atoms with Gasteiger partial charge in [-0.1, -0.05) is 43.3 Å². The average Bonchev–Trinajstić information content (AvgIpc) is 3.10. The first-order chi connectivity index (χ1) is 11.7. The van der Waals surface area contributed by atoms with Gasteiger partial charge in [0, 0.05) is 11.1 Å². The van der Waals surface area contributed by atoms with Crippen LogP contribution in [0.2, 0.25) is 0 Å². The lowest BCUT2D eigenvalue weighted by molar-refractivity contribution is 0.0961. The monoisotopic (exact) mass is 322 g/mol. The summed E-state index contributed by atoms with van der Waals surface area (Å²) in [4.78, 5) is 13.6. The number of Topliss-reactive ketones (excluding diaryl/α,β-unsaturated/α-hetero) is 1. The van der Waals surface area contributed by atoms with E-state index in [-0.39, 0.29) is 12.3 Å². The first-order valence-corrected chi connectivity index (χ1v) is 7.74. The SMILES string of the molecule is CCc1ccc(C(=O)Cn2nnc(-c3cccc(OC)c3)n2)cc1. The number of nitrogens with zero attached hydrogens (tertiary/aromatic N) is 4. The average molecular weight is 322 g/mol. The molecule has 6 nitrogen and oxygen atoms in total. The van der Waals surface area contributed by atoms with Crippen molar-refractivity contribution in [2.45, 2.75) is 19.9 Å². The molecule has 0 spiro atoms. The number of carbonyl (C=O) groups is 1. The molecule has 0 radical (unpaired) electrons. The van der Waals surface area contributed by atoms with Crippen molar-refractivity contribution in [1.82, 2.24) is 20.2 Å². The van der Waals surface area contributed by atoms with Crippen molar-refractivity contribution in [3.05, 3.63) is 59.7 Å². The molecule has 3 rings (SSSR count). The number of carbonyl (C=O) groups excluding carboxylic acids is 1. The van der Waals surface area contributed by atoms with E-state index in [0.717, 1.165) is 17.7 Å². The normalized spacial score (nSPS) is 10.6. The van der Waals surface area contributed by atoms with Crippen LogP contribution in [0, 0.1) is 0 Å². The third-order valence-corrected chi connectivity index (χ3v) is 3.75. The van der Waals surface area contributed by atoms with Gasteiger partial charge in [-0.05, 0) is 29.3 Å². The summed E-state index contributed by atoms with van der Waals surface area (Å²) in [5, 5.41) is 12.2. The van der Waals surface area contributed by atoms with Crippen LogP contribution in [0.5, 0.6) is 5.75 Å². The molecule has 0 atom stereocenters. The number of rotatable bonds is 6. The van der Waals surface area contributed by atoms with E-state index in [9.17, 15) is 4.79 Å².